The molecular formula is C17H24O4. The SMILES string of the molecule is CC[C@@H](O)[C@@H](C)/C=C(C)/C=C/c1oc(=O)c(C)c(O)c1C. The Morgan fingerprint density at radius 1 is 1.33 bits per heavy atom. The van der Waals surface area contributed by atoms with Crippen LogP contribution in [0.3, 0.4) is 0 Å². The molecule has 1 aromatic rings. The van der Waals surface area contributed by atoms with Crippen LogP contribution >= 0.6 is 0 Å². The van der Waals surface area contributed by atoms with Gasteiger partial charge in [-0.3, -0.25) is 0 Å². The van der Waals surface area contributed by atoms with Gasteiger partial charge in [-0.2, -0.15) is 0 Å². The van der Waals surface area contributed by atoms with Crippen molar-refractivity contribution in [2.45, 2.75) is 47.1 Å². The minimum atomic E-state index is -0.533. The first-order valence-corrected chi connectivity index (χ1v) is 7.15. The Bertz CT molecular complexity index is 608. The first-order chi connectivity index (χ1) is 9.77. The van der Waals surface area contributed by atoms with E-state index in [2.05, 4.69) is 0 Å². The van der Waals surface area contributed by atoms with Crippen LogP contribution in [-0.2, 0) is 0 Å². The molecule has 0 saturated carbocycles. The average Bonchev–Trinajstić information content (AvgIpc) is 2.46. The van der Waals surface area contributed by atoms with E-state index >= 15 is 0 Å². The Morgan fingerprint density at radius 3 is 2.52 bits per heavy atom. The maximum absolute atomic E-state index is 11.6. The lowest BCUT2D eigenvalue weighted by molar-refractivity contribution is 0.133. The van der Waals surface area contributed by atoms with Crippen molar-refractivity contribution in [2.75, 3.05) is 0 Å². The molecule has 1 rings (SSSR count). The number of hydrogen-bond donors (Lipinski definition) is 2. The van der Waals surface area contributed by atoms with Gasteiger partial charge in [0.05, 0.1) is 11.7 Å². The average molecular weight is 292 g/mol. The summed E-state index contributed by atoms with van der Waals surface area (Å²) in [6.45, 7) is 9.03. The highest BCUT2D eigenvalue weighted by molar-refractivity contribution is 5.55. The van der Waals surface area contributed by atoms with Gasteiger partial charge in [-0.05, 0) is 33.3 Å². The largest absolute Gasteiger partial charge is 0.507 e. The highest BCUT2D eigenvalue weighted by atomic mass is 16.4. The molecule has 0 aliphatic rings. The van der Waals surface area contributed by atoms with Gasteiger partial charge >= 0.3 is 5.63 Å². The van der Waals surface area contributed by atoms with Crippen LogP contribution in [0.15, 0.2) is 26.9 Å². The lowest BCUT2D eigenvalue weighted by Gasteiger charge is -2.13. The van der Waals surface area contributed by atoms with Crippen molar-refractivity contribution in [3.8, 4) is 5.75 Å². The highest BCUT2D eigenvalue weighted by Gasteiger charge is 2.11. The molecule has 21 heavy (non-hydrogen) atoms. The predicted octanol–water partition coefficient (Wildman–Crippen LogP) is 3.33. The first kappa shape index (κ1) is 17.2. The maximum Gasteiger partial charge on any atom is 0.342 e. The van der Waals surface area contributed by atoms with E-state index in [9.17, 15) is 15.0 Å². The second kappa shape index (κ2) is 7.27. The molecule has 0 spiro atoms. The lowest BCUT2D eigenvalue weighted by atomic mass is 9.99. The lowest BCUT2D eigenvalue weighted by Crippen LogP contribution is -2.14. The van der Waals surface area contributed by atoms with Crippen LogP contribution in [-0.4, -0.2) is 16.3 Å². The number of aliphatic hydroxyl groups excluding tert-OH is 1. The van der Waals surface area contributed by atoms with Crippen molar-refractivity contribution in [1.82, 2.24) is 0 Å². The van der Waals surface area contributed by atoms with Gasteiger partial charge in [0.1, 0.15) is 11.5 Å². The van der Waals surface area contributed by atoms with Crippen LogP contribution in [0.25, 0.3) is 6.08 Å². The van der Waals surface area contributed by atoms with E-state index in [0.717, 1.165) is 5.57 Å². The molecule has 4 heteroatoms. The molecule has 1 heterocycles. The summed E-state index contributed by atoms with van der Waals surface area (Å²) >= 11 is 0. The summed E-state index contributed by atoms with van der Waals surface area (Å²) in [5.41, 5.74) is 1.18. The smallest absolute Gasteiger partial charge is 0.342 e. The van der Waals surface area contributed by atoms with Gasteiger partial charge < -0.3 is 14.6 Å². The minimum Gasteiger partial charge on any atom is -0.507 e. The number of aliphatic hydroxyl groups is 1. The molecule has 0 aliphatic carbocycles. The monoisotopic (exact) mass is 292 g/mol. The van der Waals surface area contributed by atoms with Crippen molar-refractivity contribution < 1.29 is 14.6 Å². The van der Waals surface area contributed by atoms with Gasteiger partial charge in [0, 0.05) is 11.5 Å². The molecule has 0 aliphatic heterocycles. The number of aromatic hydroxyl groups is 1. The summed E-state index contributed by atoms with van der Waals surface area (Å²) in [6.07, 6.45) is 5.77. The molecule has 0 unspecified atom stereocenters. The van der Waals surface area contributed by atoms with Crippen molar-refractivity contribution in [3.05, 3.63) is 45.0 Å². The van der Waals surface area contributed by atoms with Gasteiger partial charge in [-0.25, -0.2) is 4.79 Å². The van der Waals surface area contributed by atoms with Gasteiger partial charge in [-0.1, -0.05) is 31.6 Å². The predicted molar refractivity (Wildman–Crippen MR) is 84.4 cm³/mol. The van der Waals surface area contributed by atoms with E-state index in [4.69, 9.17) is 4.42 Å². The number of hydrogen-bond acceptors (Lipinski definition) is 4. The summed E-state index contributed by atoms with van der Waals surface area (Å²) < 4.78 is 5.16. The highest BCUT2D eigenvalue weighted by Crippen LogP contribution is 2.23. The molecule has 0 fully saturated rings. The van der Waals surface area contributed by atoms with Crippen LogP contribution in [0.2, 0.25) is 0 Å². The number of allylic oxidation sites excluding steroid dienone is 2. The zero-order chi connectivity index (χ0) is 16.2. The Balaban J connectivity index is 3.01. The Hall–Kier alpha value is -1.81. The molecule has 0 amide bonds. The van der Waals surface area contributed by atoms with Crippen molar-refractivity contribution >= 4 is 6.08 Å². The third-order valence-corrected chi connectivity index (χ3v) is 3.64. The number of rotatable bonds is 5. The van der Waals surface area contributed by atoms with E-state index in [-0.39, 0.29) is 23.3 Å². The Kier molecular flexibility index (Phi) is 5.97. The van der Waals surface area contributed by atoms with E-state index in [1.165, 1.54) is 6.92 Å². The summed E-state index contributed by atoms with van der Waals surface area (Å²) in [7, 11) is 0. The van der Waals surface area contributed by atoms with E-state index in [1.807, 2.05) is 26.8 Å². The molecular weight excluding hydrogens is 268 g/mol. The van der Waals surface area contributed by atoms with Gasteiger partial charge in [0.25, 0.3) is 0 Å². The van der Waals surface area contributed by atoms with Crippen LogP contribution in [0.1, 0.15) is 44.1 Å². The summed E-state index contributed by atoms with van der Waals surface area (Å²) in [5, 5.41) is 19.6. The zero-order valence-electron chi connectivity index (χ0n) is 13.3. The quantitative estimate of drug-likeness (QED) is 0.817. The van der Waals surface area contributed by atoms with Crippen molar-refractivity contribution in [3.63, 3.8) is 0 Å². The Labute approximate surface area is 125 Å². The molecule has 116 valence electrons. The van der Waals surface area contributed by atoms with E-state index < -0.39 is 5.63 Å². The molecule has 2 N–H and O–H groups in total. The normalized spacial score (nSPS) is 15.4. The third kappa shape index (κ3) is 4.33. The topological polar surface area (TPSA) is 70.7 Å². The minimum absolute atomic E-state index is 0.0256. The third-order valence-electron chi connectivity index (χ3n) is 3.64. The fraction of sp³-hybridized carbons (Fsp3) is 0.471. The molecule has 0 saturated heterocycles. The van der Waals surface area contributed by atoms with E-state index in [1.54, 1.807) is 19.1 Å². The fourth-order valence-electron chi connectivity index (χ4n) is 2.07. The standard InChI is InChI=1S/C17H24O4/c1-6-14(18)11(3)9-10(2)7-8-15-12(4)16(19)13(5)17(20)21-15/h7-9,11,14,18-19H,6H2,1-5H3/b8-7+,10-9+/t11-,14+/m0/s1. The van der Waals surface area contributed by atoms with Crippen LogP contribution in [0.5, 0.6) is 5.75 Å². The molecule has 4 nitrogen and oxygen atoms in total. The van der Waals surface area contributed by atoms with Crippen LogP contribution in [0.4, 0.5) is 0 Å². The van der Waals surface area contributed by atoms with Gasteiger partial charge in [0.2, 0.25) is 0 Å². The van der Waals surface area contributed by atoms with Crippen LogP contribution in [0, 0.1) is 19.8 Å². The second-order valence-electron chi connectivity index (χ2n) is 5.43. The Morgan fingerprint density at radius 2 is 1.95 bits per heavy atom. The maximum atomic E-state index is 11.6. The van der Waals surface area contributed by atoms with E-state index in [0.29, 0.717) is 17.7 Å². The van der Waals surface area contributed by atoms with Gasteiger partial charge in [-0.15, -0.1) is 0 Å². The van der Waals surface area contributed by atoms with Gasteiger partial charge in [0.15, 0.2) is 0 Å². The second-order valence-corrected chi connectivity index (χ2v) is 5.43. The molecule has 1 aromatic heterocycles. The first-order valence-electron chi connectivity index (χ1n) is 7.15. The summed E-state index contributed by atoms with van der Waals surface area (Å²) in [6, 6.07) is 0. The fourth-order valence-corrected chi connectivity index (χ4v) is 2.07. The van der Waals surface area contributed by atoms with Crippen molar-refractivity contribution in [1.29, 1.82) is 0 Å². The molecule has 0 aromatic carbocycles. The zero-order valence-corrected chi connectivity index (χ0v) is 13.3. The van der Waals surface area contributed by atoms with Crippen LogP contribution < -0.4 is 5.63 Å². The molecule has 0 bridgehead atoms. The summed E-state index contributed by atoms with van der Waals surface area (Å²) in [4.78, 5) is 11.6. The molecule has 0 radical (unpaired) electrons. The summed E-state index contributed by atoms with van der Waals surface area (Å²) in [5.74, 6) is 0.376. The molecule has 2 atom stereocenters. The van der Waals surface area contributed by atoms with Crippen molar-refractivity contribution in [2.24, 2.45) is 5.92 Å².